The van der Waals surface area contributed by atoms with Crippen LogP contribution in [0.3, 0.4) is 0 Å². The Morgan fingerprint density at radius 2 is 1.68 bits per heavy atom. The molecule has 3 unspecified atom stereocenters. The predicted molar refractivity (Wildman–Crippen MR) is 139 cm³/mol. The average Bonchev–Trinajstić information content (AvgIpc) is 2.77. The highest BCUT2D eigenvalue weighted by atomic mass is 127. The molecule has 0 radical (unpaired) electrons. The maximum Gasteiger partial charge on any atom is 0.176 e. The van der Waals surface area contributed by atoms with Crippen molar-refractivity contribution in [2.24, 2.45) is 45.3 Å². The third kappa shape index (κ3) is 2.86. The Balaban J connectivity index is 1.69. The van der Waals surface area contributed by atoms with E-state index in [9.17, 15) is 20.1 Å². The highest BCUT2D eigenvalue weighted by Crippen LogP contribution is 2.73. The van der Waals surface area contributed by atoms with Crippen LogP contribution in [0.25, 0.3) is 0 Å². The summed E-state index contributed by atoms with van der Waals surface area (Å²) in [5, 5.41) is 20.1. The fourth-order valence-electron chi connectivity index (χ4n) is 9.23. The first-order valence-corrected chi connectivity index (χ1v) is 13.9. The lowest BCUT2D eigenvalue weighted by molar-refractivity contribution is -0.156. The van der Waals surface area contributed by atoms with Gasteiger partial charge in [-0.1, -0.05) is 68.9 Å². The van der Waals surface area contributed by atoms with E-state index in [-0.39, 0.29) is 55.1 Å². The number of hydrogen-bond acceptors (Lipinski definition) is 4. The van der Waals surface area contributed by atoms with Crippen molar-refractivity contribution < 1.29 is 9.59 Å². The van der Waals surface area contributed by atoms with Gasteiger partial charge in [-0.25, -0.2) is 0 Å². The van der Waals surface area contributed by atoms with Crippen molar-refractivity contribution in [2.45, 2.75) is 83.0 Å². The van der Waals surface area contributed by atoms with Crippen molar-refractivity contribution in [3.05, 3.63) is 23.3 Å². The number of ketones is 2. The molecule has 180 valence electrons. The van der Waals surface area contributed by atoms with Gasteiger partial charge in [0.1, 0.15) is 6.07 Å². The van der Waals surface area contributed by atoms with Crippen molar-refractivity contribution in [1.29, 1.82) is 10.5 Å². The number of alkyl halides is 1. The molecule has 0 spiro atoms. The Morgan fingerprint density at radius 3 is 2.32 bits per heavy atom. The van der Waals surface area contributed by atoms with Crippen LogP contribution in [-0.2, 0) is 9.59 Å². The number of halogens is 1. The van der Waals surface area contributed by atoms with E-state index in [1.54, 1.807) is 0 Å². The lowest BCUT2D eigenvalue weighted by atomic mass is 9.35. The van der Waals surface area contributed by atoms with Gasteiger partial charge >= 0.3 is 0 Å². The largest absolute Gasteiger partial charge is 0.295 e. The van der Waals surface area contributed by atoms with Crippen LogP contribution in [0.1, 0.15) is 79.6 Å². The number of nitriles is 2. The molecule has 5 heteroatoms. The Bertz CT molecular complexity index is 1140. The molecule has 0 saturated heterocycles. The molecule has 0 aliphatic heterocycles. The minimum Gasteiger partial charge on any atom is -0.295 e. The van der Waals surface area contributed by atoms with Crippen LogP contribution in [-0.4, -0.2) is 15.0 Å². The first-order valence-electron chi connectivity index (χ1n) is 12.8. The molecule has 5 aliphatic carbocycles. The van der Waals surface area contributed by atoms with E-state index < -0.39 is 10.8 Å². The number of rotatable bonds is 0. The van der Waals surface area contributed by atoms with Crippen molar-refractivity contribution in [3.63, 3.8) is 0 Å². The van der Waals surface area contributed by atoms with Crippen LogP contribution < -0.4 is 0 Å². The molecule has 3 fully saturated rings. The fourth-order valence-corrected chi connectivity index (χ4v) is 9.98. The lowest BCUT2D eigenvalue weighted by Crippen LogP contribution is -2.64. The summed E-state index contributed by atoms with van der Waals surface area (Å²) in [6.07, 6.45) is 10.2. The summed E-state index contributed by atoms with van der Waals surface area (Å²) in [7, 11) is 0. The molecule has 5 aliphatic rings. The molecule has 0 heterocycles. The summed E-state index contributed by atoms with van der Waals surface area (Å²) in [6.45, 7) is 11.0. The van der Waals surface area contributed by atoms with Crippen LogP contribution in [0.15, 0.2) is 23.3 Å². The molecule has 5 rings (SSSR count). The summed E-state index contributed by atoms with van der Waals surface area (Å²) >= 11 is 2.55. The number of hydrogen-bond donors (Lipinski definition) is 0. The van der Waals surface area contributed by atoms with Crippen molar-refractivity contribution in [3.8, 4) is 12.1 Å². The number of nitrogens with zero attached hydrogens (tertiary/aromatic N) is 2. The highest BCUT2D eigenvalue weighted by Gasteiger charge is 2.69. The molecular formula is C29H35IN2O2. The van der Waals surface area contributed by atoms with Gasteiger partial charge in [0.25, 0.3) is 0 Å². The van der Waals surface area contributed by atoms with Gasteiger partial charge in [0.15, 0.2) is 11.6 Å². The molecule has 0 bridgehead atoms. The second kappa shape index (κ2) is 7.28. The molecule has 34 heavy (non-hydrogen) atoms. The number of carbonyl (C=O) groups excluding carboxylic acids is 2. The van der Waals surface area contributed by atoms with Gasteiger partial charge in [-0.3, -0.25) is 9.59 Å². The number of carbonyl (C=O) groups is 2. The monoisotopic (exact) mass is 570 g/mol. The third-order valence-electron chi connectivity index (χ3n) is 11.5. The second-order valence-electron chi connectivity index (χ2n) is 12.9. The SMILES string of the molecule is C[C@@H]1C(=O)C(C#N)=C[C@]2(C)C3=CC(=O)C4C5CC(C)(I)CC[C@]5(C#N)CC[C@@]4(C)[C@]3(C)CC[C@@H]12. The van der Waals surface area contributed by atoms with Gasteiger partial charge in [-0.2, -0.15) is 10.5 Å². The average molecular weight is 571 g/mol. The fraction of sp³-hybridized carbons (Fsp3) is 0.724. The van der Waals surface area contributed by atoms with E-state index >= 15 is 0 Å². The minimum atomic E-state index is -0.469. The summed E-state index contributed by atoms with van der Waals surface area (Å²) < 4.78 is 0.111. The quantitative estimate of drug-likeness (QED) is 0.246. The molecule has 0 N–H and O–H groups in total. The van der Waals surface area contributed by atoms with Crippen LogP contribution in [0, 0.1) is 68.0 Å². The predicted octanol–water partition coefficient (Wildman–Crippen LogP) is 6.51. The Kier molecular flexibility index (Phi) is 5.19. The lowest BCUT2D eigenvalue weighted by Gasteiger charge is -2.67. The van der Waals surface area contributed by atoms with Crippen molar-refractivity contribution in [2.75, 3.05) is 0 Å². The summed E-state index contributed by atoms with van der Waals surface area (Å²) in [4.78, 5) is 27.0. The molecule has 9 atom stereocenters. The van der Waals surface area contributed by atoms with Crippen molar-refractivity contribution in [1.82, 2.24) is 0 Å². The van der Waals surface area contributed by atoms with Gasteiger partial charge in [-0.05, 0) is 73.7 Å². The zero-order chi connectivity index (χ0) is 24.9. The van der Waals surface area contributed by atoms with Crippen LogP contribution >= 0.6 is 22.6 Å². The van der Waals surface area contributed by atoms with Crippen LogP contribution in [0.5, 0.6) is 0 Å². The van der Waals surface area contributed by atoms with E-state index in [4.69, 9.17) is 0 Å². The number of fused-ring (bicyclic) bond motifs is 7. The van der Waals surface area contributed by atoms with E-state index in [0.717, 1.165) is 50.5 Å². The Hall–Kier alpha value is -1.47. The Morgan fingerprint density at radius 1 is 1.00 bits per heavy atom. The molecule has 3 saturated carbocycles. The first kappa shape index (κ1) is 24.2. The molecule has 4 nitrogen and oxygen atoms in total. The van der Waals surface area contributed by atoms with Crippen LogP contribution in [0.2, 0.25) is 0 Å². The molecule has 0 aromatic rings. The van der Waals surface area contributed by atoms with Crippen molar-refractivity contribution >= 4 is 34.2 Å². The molecular weight excluding hydrogens is 535 g/mol. The zero-order valence-electron chi connectivity index (χ0n) is 21.0. The van der Waals surface area contributed by atoms with Gasteiger partial charge in [0.05, 0.1) is 17.1 Å². The van der Waals surface area contributed by atoms with Gasteiger partial charge in [0, 0.05) is 20.7 Å². The first-order chi connectivity index (χ1) is 15.8. The van der Waals surface area contributed by atoms with E-state index in [1.165, 1.54) is 0 Å². The second-order valence-corrected chi connectivity index (χ2v) is 15.5. The number of allylic oxidation sites excluding steroid dienone is 4. The standard InChI is InChI=1S/C29H35IN2O2/c1-17-19-6-7-27(4)22(26(19,3)13-18(15-31)24(17)34)12-21(33)23-20-14-25(2,30)8-10-29(20,16-32)11-9-28(23,27)5/h12-13,17,19-20,23H,6-11,14H2,1-5H3/t17-,19-,20?,23?,25?,26-,27+,28+,29+/m0/s1. The summed E-state index contributed by atoms with van der Waals surface area (Å²) in [5.74, 6) is -0.0556. The van der Waals surface area contributed by atoms with Gasteiger partial charge in [-0.15, -0.1) is 0 Å². The van der Waals surface area contributed by atoms with Gasteiger partial charge in [0.2, 0.25) is 0 Å². The zero-order valence-corrected chi connectivity index (χ0v) is 23.2. The molecule has 0 aromatic heterocycles. The third-order valence-corrected chi connectivity index (χ3v) is 12.4. The van der Waals surface area contributed by atoms with Crippen LogP contribution in [0.4, 0.5) is 0 Å². The van der Waals surface area contributed by atoms with E-state index in [2.05, 4.69) is 62.4 Å². The van der Waals surface area contributed by atoms with E-state index in [0.29, 0.717) is 0 Å². The summed E-state index contributed by atoms with van der Waals surface area (Å²) in [5.41, 5.74) is 0.0776. The molecule has 0 amide bonds. The van der Waals surface area contributed by atoms with Gasteiger partial charge < -0.3 is 0 Å². The Labute approximate surface area is 217 Å². The normalized spacial score (nSPS) is 52.0. The van der Waals surface area contributed by atoms with E-state index in [1.807, 2.05) is 19.1 Å². The minimum absolute atomic E-state index is 0.0552. The maximum atomic E-state index is 14.1. The topological polar surface area (TPSA) is 81.7 Å². The highest BCUT2D eigenvalue weighted by molar-refractivity contribution is 14.1. The molecule has 0 aromatic carbocycles. The number of Topliss-reactive ketones (excluding diaryl/α,β-unsaturated/α-hetero) is 1. The smallest absolute Gasteiger partial charge is 0.176 e. The summed E-state index contributed by atoms with van der Waals surface area (Å²) in [6, 6.07) is 4.88. The maximum absolute atomic E-state index is 14.1.